The number of benzene rings is 1. The van der Waals surface area contributed by atoms with E-state index in [9.17, 15) is 9.18 Å². The minimum Gasteiger partial charge on any atom is -0.355 e. The van der Waals surface area contributed by atoms with Crippen molar-refractivity contribution in [1.29, 1.82) is 0 Å². The van der Waals surface area contributed by atoms with Crippen LogP contribution in [0.15, 0.2) is 42.6 Å². The van der Waals surface area contributed by atoms with Crippen molar-refractivity contribution in [3.05, 3.63) is 54.0 Å². The monoisotopic (exact) mass is 426 g/mol. The van der Waals surface area contributed by atoms with E-state index in [-0.39, 0.29) is 11.7 Å². The average molecular weight is 427 g/mol. The molecule has 5 nitrogen and oxygen atoms in total. The number of carbonyl (C=O) groups excluding carboxylic acids is 1. The Labute approximate surface area is 185 Å². The Kier molecular flexibility index (Phi) is 7.31. The fourth-order valence-corrected chi connectivity index (χ4v) is 4.17. The number of anilines is 2. The van der Waals surface area contributed by atoms with Gasteiger partial charge in [0.25, 0.3) is 0 Å². The van der Waals surface area contributed by atoms with Gasteiger partial charge in [-0.3, -0.25) is 9.69 Å². The second kappa shape index (κ2) is 9.77. The number of likely N-dealkylation sites (N-methyl/N-ethyl adjacent to an activating group) is 1. The summed E-state index contributed by atoms with van der Waals surface area (Å²) in [5.74, 6) is 0.658. The van der Waals surface area contributed by atoms with Crippen LogP contribution in [0.3, 0.4) is 0 Å². The lowest BCUT2D eigenvalue weighted by Gasteiger charge is -2.30. The summed E-state index contributed by atoms with van der Waals surface area (Å²) in [6.45, 7) is 14.7. The highest BCUT2D eigenvalue weighted by atomic mass is 19.1. The lowest BCUT2D eigenvalue weighted by Crippen LogP contribution is -2.39. The maximum atomic E-state index is 13.4. The predicted octanol–water partition coefficient (Wildman–Crippen LogP) is 4.72. The molecule has 0 saturated carbocycles. The minimum atomic E-state index is -0.545. The van der Waals surface area contributed by atoms with E-state index < -0.39 is 5.41 Å². The molecule has 1 aliphatic rings. The van der Waals surface area contributed by atoms with Crippen molar-refractivity contribution in [2.45, 2.75) is 53.6 Å². The summed E-state index contributed by atoms with van der Waals surface area (Å²) in [7, 11) is 0. The second-order valence-corrected chi connectivity index (χ2v) is 9.25. The molecule has 1 aliphatic heterocycles. The average Bonchev–Trinajstić information content (AvgIpc) is 3.23. The summed E-state index contributed by atoms with van der Waals surface area (Å²) >= 11 is 0. The molecule has 2 heterocycles. The maximum absolute atomic E-state index is 13.4. The molecule has 1 aromatic heterocycles. The molecule has 168 valence electrons. The van der Waals surface area contributed by atoms with Crippen LogP contribution in [0.5, 0.6) is 0 Å². The standard InChI is InChI=1S/C25H35FN4O/c1-6-28(7-2)22-14-15-29(18-22)23-13-8-19(16-27-23)17-30(24(31)25(3,4)5)21-11-9-20(26)10-12-21/h8-13,16,22H,6-7,14-15,17-18H2,1-5H3. The first-order valence-corrected chi connectivity index (χ1v) is 11.2. The number of aromatic nitrogens is 1. The zero-order valence-electron chi connectivity index (χ0n) is 19.4. The molecule has 1 unspecified atom stereocenters. The number of rotatable bonds is 7. The maximum Gasteiger partial charge on any atom is 0.232 e. The van der Waals surface area contributed by atoms with Crippen molar-refractivity contribution < 1.29 is 9.18 Å². The Hall–Kier alpha value is -2.47. The molecule has 2 aromatic rings. The van der Waals surface area contributed by atoms with Gasteiger partial charge in [0.2, 0.25) is 5.91 Å². The van der Waals surface area contributed by atoms with Gasteiger partial charge < -0.3 is 9.80 Å². The van der Waals surface area contributed by atoms with Crippen LogP contribution in [0, 0.1) is 11.2 Å². The first kappa shape index (κ1) is 23.2. The fourth-order valence-electron chi connectivity index (χ4n) is 4.17. The predicted molar refractivity (Wildman–Crippen MR) is 125 cm³/mol. The molecular formula is C25H35FN4O. The van der Waals surface area contributed by atoms with Crippen LogP contribution in [0.2, 0.25) is 0 Å². The van der Waals surface area contributed by atoms with E-state index in [4.69, 9.17) is 4.98 Å². The van der Waals surface area contributed by atoms with Gasteiger partial charge in [-0.05, 0) is 55.4 Å². The third-order valence-corrected chi connectivity index (χ3v) is 5.99. The van der Waals surface area contributed by atoms with E-state index in [0.29, 0.717) is 18.3 Å². The number of pyridine rings is 1. The number of hydrogen-bond donors (Lipinski definition) is 0. The molecule has 0 radical (unpaired) electrons. The van der Waals surface area contributed by atoms with Gasteiger partial charge >= 0.3 is 0 Å². The lowest BCUT2D eigenvalue weighted by atomic mass is 9.94. The van der Waals surface area contributed by atoms with E-state index >= 15 is 0 Å². The zero-order chi connectivity index (χ0) is 22.6. The molecule has 0 bridgehead atoms. The molecule has 1 amide bonds. The number of carbonyl (C=O) groups is 1. The van der Waals surface area contributed by atoms with Gasteiger partial charge in [-0.1, -0.05) is 40.7 Å². The lowest BCUT2D eigenvalue weighted by molar-refractivity contribution is -0.125. The minimum absolute atomic E-state index is 0.00945. The van der Waals surface area contributed by atoms with E-state index in [0.717, 1.165) is 44.0 Å². The summed E-state index contributed by atoms with van der Waals surface area (Å²) in [5, 5.41) is 0. The highest BCUT2D eigenvalue weighted by Gasteiger charge is 2.29. The number of nitrogens with zero attached hydrogens (tertiary/aromatic N) is 4. The van der Waals surface area contributed by atoms with Crippen LogP contribution in [0.4, 0.5) is 15.9 Å². The van der Waals surface area contributed by atoms with Gasteiger partial charge in [-0.25, -0.2) is 9.37 Å². The molecular weight excluding hydrogens is 391 g/mol. The summed E-state index contributed by atoms with van der Waals surface area (Å²) < 4.78 is 13.4. The van der Waals surface area contributed by atoms with E-state index in [2.05, 4.69) is 23.6 Å². The van der Waals surface area contributed by atoms with Crippen LogP contribution in [-0.2, 0) is 11.3 Å². The smallest absolute Gasteiger partial charge is 0.232 e. The Bertz CT molecular complexity index is 857. The van der Waals surface area contributed by atoms with Crippen molar-refractivity contribution in [3.8, 4) is 0 Å². The molecule has 1 aromatic carbocycles. The Morgan fingerprint density at radius 1 is 1.13 bits per heavy atom. The van der Waals surface area contributed by atoms with Gasteiger partial charge in [0.1, 0.15) is 11.6 Å². The molecule has 31 heavy (non-hydrogen) atoms. The van der Waals surface area contributed by atoms with E-state index in [1.807, 2.05) is 39.1 Å². The Morgan fingerprint density at radius 3 is 2.35 bits per heavy atom. The Balaban J connectivity index is 1.74. The molecule has 1 fully saturated rings. The normalized spacial score (nSPS) is 16.7. The quantitative estimate of drug-likeness (QED) is 0.642. The molecule has 0 N–H and O–H groups in total. The second-order valence-electron chi connectivity index (χ2n) is 9.25. The molecule has 1 atom stereocenters. The van der Waals surface area contributed by atoms with Gasteiger partial charge in [0.15, 0.2) is 0 Å². The van der Waals surface area contributed by atoms with Gasteiger partial charge in [0.05, 0.1) is 6.54 Å². The van der Waals surface area contributed by atoms with Crippen LogP contribution in [-0.4, -0.2) is 48.0 Å². The molecule has 3 rings (SSSR count). The summed E-state index contributed by atoms with van der Waals surface area (Å²) in [4.78, 5) is 24.3. The van der Waals surface area contributed by atoms with Crippen molar-refractivity contribution >= 4 is 17.4 Å². The zero-order valence-corrected chi connectivity index (χ0v) is 19.4. The first-order chi connectivity index (χ1) is 14.7. The molecule has 1 saturated heterocycles. The summed E-state index contributed by atoms with van der Waals surface area (Å²) in [6, 6.07) is 10.7. The number of halogens is 1. The summed E-state index contributed by atoms with van der Waals surface area (Å²) in [6.07, 6.45) is 3.01. The molecule has 0 aliphatic carbocycles. The van der Waals surface area contributed by atoms with Crippen LogP contribution >= 0.6 is 0 Å². The molecule has 0 spiro atoms. The van der Waals surface area contributed by atoms with E-state index in [1.165, 1.54) is 12.1 Å². The topological polar surface area (TPSA) is 39.7 Å². The molecule has 6 heteroatoms. The van der Waals surface area contributed by atoms with Gasteiger partial charge in [-0.15, -0.1) is 0 Å². The van der Waals surface area contributed by atoms with Gasteiger partial charge in [0, 0.05) is 36.4 Å². The highest BCUT2D eigenvalue weighted by Crippen LogP contribution is 2.26. The third-order valence-electron chi connectivity index (χ3n) is 5.99. The van der Waals surface area contributed by atoms with Crippen molar-refractivity contribution in [3.63, 3.8) is 0 Å². The first-order valence-electron chi connectivity index (χ1n) is 11.2. The van der Waals surface area contributed by atoms with Gasteiger partial charge in [-0.2, -0.15) is 0 Å². The van der Waals surface area contributed by atoms with Crippen molar-refractivity contribution in [2.24, 2.45) is 5.41 Å². The van der Waals surface area contributed by atoms with Crippen LogP contribution < -0.4 is 9.80 Å². The largest absolute Gasteiger partial charge is 0.355 e. The Morgan fingerprint density at radius 2 is 1.81 bits per heavy atom. The highest BCUT2D eigenvalue weighted by molar-refractivity contribution is 5.96. The van der Waals surface area contributed by atoms with Crippen LogP contribution in [0.1, 0.15) is 46.6 Å². The number of hydrogen-bond acceptors (Lipinski definition) is 4. The van der Waals surface area contributed by atoms with Crippen molar-refractivity contribution in [2.75, 3.05) is 36.0 Å². The van der Waals surface area contributed by atoms with Crippen molar-refractivity contribution in [1.82, 2.24) is 9.88 Å². The van der Waals surface area contributed by atoms with Crippen LogP contribution in [0.25, 0.3) is 0 Å². The SMILES string of the molecule is CCN(CC)C1CCN(c2ccc(CN(C(=O)C(C)(C)C)c3ccc(F)cc3)cn2)C1. The third kappa shape index (κ3) is 5.62. The van der Waals surface area contributed by atoms with E-state index in [1.54, 1.807) is 17.0 Å². The summed E-state index contributed by atoms with van der Waals surface area (Å²) in [5.41, 5.74) is 1.09. The number of amides is 1. The fraction of sp³-hybridized carbons (Fsp3) is 0.520.